The number of fused-ring (bicyclic) bond motifs is 1. The maximum absolute atomic E-state index is 11.4. The van der Waals surface area contributed by atoms with Crippen molar-refractivity contribution in [1.82, 2.24) is 4.90 Å². The lowest BCUT2D eigenvalue weighted by atomic mass is 9.66. The van der Waals surface area contributed by atoms with E-state index >= 15 is 0 Å². The Labute approximate surface area is 119 Å². The zero-order valence-corrected chi connectivity index (χ0v) is 11.5. The number of piperidine rings is 1. The zero-order chi connectivity index (χ0) is 14.2. The Morgan fingerprint density at radius 2 is 1.90 bits per heavy atom. The summed E-state index contributed by atoms with van der Waals surface area (Å²) >= 11 is 0. The van der Waals surface area contributed by atoms with E-state index in [2.05, 4.69) is 0 Å². The van der Waals surface area contributed by atoms with Gasteiger partial charge in [0.25, 0.3) is 0 Å². The lowest BCUT2D eigenvalue weighted by molar-refractivity contribution is -0.112. The summed E-state index contributed by atoms with van der Waals surface area (Å²) in [5.74, 6) is 0.0171. The number of benzene rings is 1. The van der Waals surface area contributed by atoms with Gasteiger partial charge in [-0.15, -0.1) is 0 Å². The molecule has 1 aromatic rings. The van der Waals surface area contributed by atoms with E-state index in [9.17, 15) is 15.0 Å². The van der Waals surface area contributed by atoms with Crippen LogP contribution in [-0.4, -0.2) is 33.8 Å². The molecule has 0 spiro atoms. The van der Waals surface area contributed by atoms with E-state index in [4.69, 9.17) is 0 Å². The van der Waals surface area contributed by atoms with Gasteiger partial charge < -0.3 is 15.1 Å². The average molecular weight is 275 g/mol. The van der Waals surface area contributed by atoms with Crippen LogP contribution in [0.5, 0.6) is 0 Å². The first-order valence-electron chi connectivity index (χ1n) is 7.40. The first-order chi connectivity index (χ1) is 9.63. The van der Waals surface area contributed by atoms with E-state index in [1.165, 1.54) is 0 Å². The minimum Gasteiger partial charge on any atom is -0.465 e. The van der Waals surface area contributed by atoms with Crippen LogP contribution in [-0.2, 0) is 5.60 Å². The van der Waals surface area contributed by atoms with Gasteiger partial charge in [-0.05, 0) is 24.8 Å². The summed E-state index contributed by atoms with van der Waals surface area (Å²) in [7, 11) is 0. The molecule has 4 heteroatoms. The van der Waals surface area contributed by atoms with Crippen LogP contribution in [0.4, 0.5) is 4.79 Å². The molecule has 0 bridgehead atoms. The molecule has 3 rings (SSSR count). The monoisotopic (exact) mass is 275 g/mol. The Balaban J connectivity index is 1.95. The molecule has 108 valence electrons. The number of carbonyl (C=O) groups is 1. The summed E-state index contributed by atoms with van der Waals surface area (Å²) in [6, 6.07) is 9.70. The summed E-state index contributed by atoms with van der Waals surface area (Å²) in [4.78, 5) is 12.9. The van der Waals surface area contributed by atoms with E-state index in [0.29, 0.717) is 13.0 Å². The molecule has 1 saturated carbocycles. The van der Waals surface area contributed by atoms with Crippen molar-refractivity contribution in [3.63, 3.8) is 0 Å². The molecule has 2 N–H and O–H groups in total. The van der Waals surface area contributed by atoms with Gasteiger partial charge in [-0.1, -0.05) is 43.2 Å². The van der Waals surface area contributed by atoms with Gasteiger partial charge in [-0.2, -0.15) is 0 Å². The number of hydrogen-bond acceptors (Lipinski definition) is 2. The number of rotatable bonds is 1. The SMILES string of the molecule is O=C(O)N1CCC(O)(c2ccccc2)[C@H]2CCCC[C@H]21. The van der Waals surface area contributed by atoms with Crippen LogP contribution in [0.25, 0.3) is 0 Å². The normalized spacial score (nSPS) is 33.5. The lowest BCUT2D eigenvalue weighted by Crippen LogP contribution is -2.58. The molecule has 4 nitrogen and oxygen atoms in total. The Morgan fingerprint density at radius 3 is 2.60 bits per heavy atom. The highest BCUT2D eigenvalue weighted by atomic mass is 16.4. The zero-order valence-electron chi connectivity index (χ0n) is 11.5. The molecule has 1 heterocycles. The third-order valence-electron chi connectivity index (χ3n) is 5.00. The van der Waals surface area contributed by atoms with Crippen LogP contribution in [0.15, 0.2) is 30.3 Å². The molecule has 1 aliphatic heterocycles. The van der Waals surface area contributed by atoms with E-state index in [0.717, 1.165) is 31.2 Å². The summed E-state index contributed by atoms with van der Waals surface area (Å²) in [5.41, 5.74) is 0.0557. The molecule has 1 saturated heterocycles. The molecule has 2 fully saturated rings. The molecule has 1 aromatic carbocycles. The first kappa shape index (κ1) is 13.4. The van der Waals surface area contributed by atoms with Gasteiger partial charge in [0, 0.05) is 18.5 Å². The van der Waals surface area contributed by atoms with Gasteiger partial charge in [-0.3, -0.25) is 0 Å². The summed E-state index contributed by atoms with van der Waals surface area (Å²) in [6.45, 7) is 0.419. The Hall–Kier alpha value is -1.55. The minimum atomic E-state index is -0.877. The van der Waals surface area contributed by atoms with Gasteiger partial charge in [0.1, 0.15) is 0 Å². The number of aliphatic hydroxyl groups is 1. The van der Waals surface area contributed by atoms with Gasteiger partial charge in [0.05, 0.1) is 5.60 Å². The maximum atomic E-state index is 11.4. The number of hydrogen-bond donors (Lipinski definition) is 2. The van der Waals surface area contributed by atoms with Crippen molar-refractivity contribution in [2.75, 3.05) is 6.54 Å². The van der Waals surface area contributed by atoms with Crippen LogP contribution in [0.2, 0.25) is 0 Å². The third kappa shape index (κ3) is 2.08. The van der Waals surface area contributed by atoms with Gasteiger partial charge >= 0.3 is 6.09 Å². The Morgan fingerprint density at radius 1 is 1.20 bits per heavy atom. The summed E-state index contributed by atoms with van der Waals surface area (Å²) in [5, 5.41) is 20.6. The summed E-state index contributed by atoms with van der Waals surface area (Å²) in [6.07, 6.45) is 3.53. The molecule has 1 aliphatic carbocycles. The topological polar surface area (TPSA) is 60.8 Å². The standard InChI is InChI=1S/C16H21NO3/c18-15(19)17-11-10-16(20,12-6-2-1-3-7-12)13-8-4-5-9-14(13)17/h1-3,6-7,13-14,20H,4-5,8-11H2,(H,18,19)/t13-,14+,16?/m0/s1. The molecule has 1 amide bonds. The van der Waals surface area contributed by atoms with Gasteiger partial charge in [0.15, 0.2) is 0 Å². The van der Waals surface area contributed by atoms with Crippen molar-refractivity contribution >= 4 is 6.09 Å². The van der Waals surface area contributed by atoms with Gasteiger partial charge in [0.2, 0.25) is 0 Å². The van der Waals surface area contributed by atoms with Crippen molar-refractivity contribution in [3.05, 3.63) is 35.9 Å². The first-order valence-corrected chi connectivity index (χ1v) is 7.40. The fourth-order valence-electron chi connectivity index (χ4n) is 4.01. The van der Waals surface area contributed by atoms with Crippen molar-refractivity contribution in [3.8, 4) is 0 Å². The van der Waals surface area contributed by atoms with Crippen molar-refractivity contribution in [2.45, 2.75) is 43.7 Å². The highest BCUT2D eigenvalue weighted by Crippen LogP contribution is 2.46. The van der Waals surface area contributed by atoms with Crippen LogP contribution >= 0.6 is 0 Å². The maximum Gasteiger partial charge on any atom is 0.407 e. The molecule has 3 atom stereocenters. The fourth-order valence-corrected chi connectivity index (χ4v) is 4.01. The van der Waals surface area contributed by atoms with E-state index in [-0.39, 0.29) is 12.0 Å². The molecular formula is C16H21NO3. The number of likely N-dealkylation sites (tertiary alicyclic amines) is 1. The van der Waals surface area contributed by atoms with E-state index < -0.39 is 11.7 Å². The number of nitrogens with zero attached hydrogens (tertiary/aromatic N) is 1. The molecule has 1 unspecified atom stereocenters. The molecule has 20 heavy (non-hydrogen) atoms. The second-order valence-corrected chi connectivity index (χ2v) is 5.97. The predicted octanol–water partition coefficient (Wildman–Crippen LogP) is 2.82. The largest absolute Gasteiger partial charge is 0.465 e. The van der Waals surface area contributed by atoms with Crippen molar-refractivity contribution in [1.29, 1.82) is 0 Å². The van der Waals surface area contributed by atoms with Crippen molar-refractivity contribution < 1.29 is 15.0 Å². The number of carboxylic acid groups (broad SMARTS) is 1. The van der Waals surface area contributed by atoms with Crippen LogP contribution in [0.1, 0.15) is 37.7 Å². The quantitative estimate of drug-likeness (QED) is 0.828. The predicted molar refractivity (Wildman–Crippen MR) is 75.4 cm³/mol. The highest BCUT2D eigenvalue weighted by Gasteiger charge is 2.50. The van der Waals surface area contributed by atoms with Crippen molar-refractivity contribution in [2.24, 2.45) is 5.92 Å². The Kier molecular flexibility index (Phi) is 3.42. The second-order valence-electron chi connectivity index (χ2n) is 5.97. The highest BCUT2D eigenvalue weighted by molar-refractivity contribution is 5.65. The minimum absolute atomic E-state index is 0.0171. The molecule has 0 aromatic heterocycles. The Bertz CT molecular complexity index is 490. The fraction of sp³-hybridized carbons (Fsp3) is 0.562. The van der Waals surface area contributed by atoms with Crippen LogP contribution in [0.3, 0.4) is 0 Å². The lowest BCUT2D eigenvalue weighted by Gasteiger charge is -2.51. The molecule has 2 aliphatic rings. The van der Waals surface area contributed by atoms with E-state index in [1.54, 1.807) is 4.90 Å². The van der Waals surface area contributed by atoms with Crippen LogP contribution < -0.4 is 0 Å². The molecule has 0 radical (unpaired) electrons. The third-order valence-corrected chi connectivity index (χ3v) is 5.00. The smallest absolute Gasteiger partial charge is 0.407 e. The van der Waals surface area contributed by atoms with Gasteiger partial charge in [-0.25, -0.2) is 4.79 Å². The second kappa shape index (κ2) is 5.09. The van der Waals surface area contributed by atoms with Crippen LogP contribution in [0, 0.1) is 5.92 Å². The summed E-state index contributed by atoms with van der Waals surface area (Å²) < 4.78 is 0. The number of amides is 1. The average Bonchev–Trinajstić information content (AvgIpc) is 2.48. The van der Waals surface area contributed by atoms with E-state index in [1.807, 2.05) is 30.3 Å². The molecular weight excluding hydrogens is 254 g/mol.